The van der Waals surface area contributed by atoms with Crippen molar-refractivity contribution >= 4 is 27.8 Å². The molecule has 0 spiro atoms. The van der Waals surface area contributed by atoms with Crippen LogP contribution in [0.25, 0.3) is 0 Å². The summed E-state index contributed by atoms with van der Waals surface area (Å²) in [5.74, 6) is -2.40. The van der Waals surface area contributed by atoms with Gasteiger partial charge in [-0.3, -0.25) is 4.79 Å². The van der Waals surface area contributed by atoms with E-state index in [1.807, 2.05) is 0 Å². The number of rotatable bonds is 2. The number of aliphatic hydroxyl groups is 1. The fourth-order valence-corrected chi connectivity index (χ4v) is 2.53. The third-order valence-electron chi connectivity index (χ3n) is 3.01. The number of halogens is 2. The van der Waals surface area contributed by atoms with Gasteiger partial charge in [0.2, 0.25) is 0 Å². The summed E-state index contributed by atoms with van der Waals surface area (Å²) in [5, 5.41) is 18.5. The molecule has 1 aromatic carbocycles. The molecule has 0 aliphatic carbocycles. The smallest absolute Gasteiger partial charge is 0.326 e. The van der Waals surface area contributed by atoms with Gasteiger partial charge in [0.05, 0.1) is 16.1 Å². The third kappa shape index (κ3) is 2.62. The number of carbonyl (C=O) groups is 2. The molecular formula is C12H11BrFNO4. The van der Waals surface area contributed by atoms with Crippen molar-refractivity contribution in [2.24, 2.45) is 0 Å². The van der Waals surface area contributed by atoms with E-state index in [0.29, 0.717) is 0 Å². The van der Waals surface area contributed by atoms with Crippen LogP contribution in [-0.4, -0.2) is 45.7 Å². The van der Waals surface area contributed by atoms with Crippen LogP contribution in [0.15, 0.2) is 22.7 Å². The Labute approximate surface area is 116 Å². The highest BCUT2D eigenvalue weighted by Gasteiger charge is 2.39. The normalized spacial score (nSPS) is 22.6. The lowest BCUT2D eigenvalue weighted by Crippen LogP contribution is -2.40. The number of β-amino-alcohol motifs (C(OH)–C–C–N with tert-alkyl or cyclic N) is 1. The number of nitrogens with zero attached hydrogens (tertiary/aromatic N) is 1. The first kappa shape index (κ1) is 14.0. The number of carboxylic acids is 1. The van der Waals surface area contributed by atoms with Gasteiger partial charge in [-0.25, -0.2) is 9.18 Å². The van der Waals surface area contributed by atoms with Crippen molar-refractivity contribution < 1.29 is 24.2 Å². The van der Waals surface area contributed by atoms with E-state index in [-0.39, 0.29) is 23.0 Å². The number of carbonyl (C=O) groups excluding carboxylic acids is 1. The first-order valence-corrected chi connectivity index (χ1v) is 6.37. The highest BCUT2D eigenvalue weighted by Crippen LogP contribution is 2.26. The average Bonchev–Trinajstić information content (AvgIpc) is 2.74. The van der Waals surface area contributed by atoms with Crippen LogP contribution in [0, 0.1) is 5.82 Å². The Bertz CT molecular complexity index is 536. The van der Waals surface area contributed by atoms with Gasteiger partial charge < -0.3 is 15.1 Å². The van der Waals surface area contributed by atoms with Crippen molar-refractivity contribution in [3.8, 4) is 0 Å². The lowest BCUT2D eigenvalue weighted by atomic mass is 10.1. The molecule has 102 valence electrons. The lowest BCUT2D eigenvalue weighted by molar-refractivity contribution is -0.141. The van der Waals surface area contributed by atoms with Crippen LogP contribution < -0.4 is 0 Å². The van der Waals surface area contributed by atoms with Crippen molar-refractivity contribution in [2.45, 2.75) is 18.6 Å². The van der Waals surface area contributed by atoms with E-state index in [0.717, 1.165) is 4.90 Å². The van der Waals surface area contributed by atoms with E-state index in [2.05, 4.69) is 15.9 Å². The number of hydrogen-bond donors (Lipinski definition) is 2. The minimum atomic E-state index is -1.18. The van der Waals surface area contributed by atoms with Crippen LogP contribution >= 0.6 is 15.9 Å². The largest absolute Gasteiger partial charge is 0.480 e. The predicted molar refractivity (Wildman–Crippen MR) is 67.2 cm³/mol. The molecule has 2 rings (SSSR count). The highest BCUT2D eigenvalue weighted by atomic mass is 79.9. The molecule has 1 fully saturated rings. The molecule has 19 heavy (non-hydrogen) atoms. The molecule has 7 heteroatoms. The number of carboxylic acid groups (broad SMARTS) is 1. The Kier molecular flexibility index (Phi) is 3.86. The summed E-state index contributed by atoms with van der Waals surface area (Å²) in [5.41, 5.74) is 0.0420. The molecule has 2 atom stereocenters. The SMILES string of the molecule is O=C(O)[C@H]1C[C@@H](O)CN1C(=O)c1cccc(F)c1Br. The summed E-state index contributed by atoms with van der Waals surface area (Å²) >= 11 is 2.97. The summed E-state index contributed by atoms with van der Waals surface area (Å²) in [6.45, 7) is -0.0707. The maximum Gasteiger partial charge on any atom is 0.326 e. The van der Waals surface area contributed by atoms with Gasteiger partial charge in [-0.05, 0) is 28.1 Å². The lowest BCUT2D eigenvalue weighted by Gasteiger charge is -2.21. The maximum atomic E-state index is 13.4. The number of likely N-dealkylation sites (tertiary alicyclic amines) is 1. The van der Waals surface area contributed by atoms with E-state index >= 15 is 0 Å². The zero-order valence-corrected chi connectivity index (χ0v) is 11.3. The zero-order valence-electron chi connectivity index (χ0n) is 9.72. The molecule has 0 bridgehead atoms. The molecule has 1 aliphatic rings. The fraction of sp³-hybridized carbons (Fsp3) is 0.333. The van der Waals surface area contributed by atoms with Gasteiger partial charge in [0.1, 0.15) is 11.9 Å². The molecule has 0 aromatic heterocycles. The number of amides is 1. The molecule has 5 nitrogen and oxygen atoms in total. The molecule has 1 amide bonds. The van der Waals surface area contributed by atoms with Crippen molar-refractivity contribution in [2.75, 3.05) is 6.54 Å². The maximum absolute atomic E-state index is 13.4. The Morgan fingerprint density at radius 3 is 2.74 bits per heavy atom. The first-order chi connectivity index (χ1) is 8.91. The number of aliphatic hydroxyl groups excluding tert-OH is 1. The van der Waals surface area contributed by atoms with Crippen LogP contribution in [0.1, 0.15) is 16.8 Å². The summed E-state index contributed by atoms with van der Waals surface area (Å²) in [6, 6.07) is 2.88. The van der Waals surface area contributed by atoms with Crippen LogP contribution in [0.4, 0.5) is 4.39 Å². The van der Waals surface area contributed by atoms with Gasteiger partial charge >= 0.3 is 5.97 Å². The second kappa shape index (κ2) is 5.26. The van der Waals surface area contributed by atoms with Crippen molar-refractivity contribution in [1.29, 1.82) is 0 Å². The highest BCUT2D eigenvalue weighted by molar-refractivity contribution is 9.10. The van der Waals surface area contributed by atoms with E-state index in [1.165, 1.54) is 18.2 Å². The molecule has 0 unspecified atom stereocenters. The average molecular weight is 332 g/mol. The third-order valence-corrected chi connectivity index (χ3v) is 3.81. The van der Waals surface area contributed by atoms with Crippen LogP contribution in [0.2, 0.25) is 0 Å². The molecular weight excluding hydrogens is 321 g/mol. The standard InChI is InChI=1S/C12H11BrFNO4/c13-10-7(2-1-3-8(10)14)11(17)15-5-6(16)4-9(15)12(18)19/h1-3,6,9,16H,4-5H2,(H,18,19)/t6-,9-/m1/s1. The van der Waals surface area contributed by atoms with Crippen molar-refractivity contribution in [3.05, 3.63) is 34.1 Å². The number of hydrogen-bond acceptors (Lipinski definition) is 3. The second-order valence-corrected chi connectivity index (χ2v) is 5.10. The van der Waals surface area contributed by atoms with Crippen molar-refractivity contribution in [3.63, 3.8) is 0 Å². The minimum absolute atomic E-state index is 0.00877. The summed E-state index contributed by atoms with van der Waals surface area (Å²) in [7, 11) is 0. The molecule has 1 saturated heterocycles. The molecule has 1 aromatic rings. The summed E-state index contributed by atoms with van der Waals surface area (Å²) in [6.07, 6.45) is -0.897. The zero-order chi connectivity index (χ0) is 14.2. The van der Waals surface area contributed by atoms with E-state index in [9.17, 15) is 19.1 Å². The van der Waals surface area contributed by atoms with E-state index in [1.54, 1.807) is 0 Å². The second-order valence-electron chi connectivity index (χ2n) is 4.30. The Morgan fingerprint density at radius 2 is 2.11 bits per heavy atom. The van der Waals surface area contributed by atoms with Crippen LogP contribution in [0.5, 0.6) is 0 Å². The Hall–Kier alpha value is -1.47. The Morgan fingerprint density at radius 1 is 1.42 bits per heavy atom. The van der Waals surface area contributed by atoms with Gasteiger partial charge in [-0.2, -0.15) is 0 Å². The monoisotopic (exact) mass is 331 g/mol. The van der Waals surface area contributed by atoms with E-state index in [4.69, 9.17) is 5.11 Å². The summed E-state index contributed by atoms with van der Waals surface area (Å²) < 4.78 is 13.4. The van der Waals surface area contributed by atoms with E-state index < -0.39 is 29.8 Å². The van der Waals surface area contributed by atoms with Crippen LogP contribution in [-0.2, 0) is 4.79 Å². The molecule has 0 radical (unpaired) electrons. The molecule has 2 N–H and O–H groups in total. The van der Waals surface area contributed by atoms with Crippen molar-refractivity contribution in [1.82, 2.24) is 4.90 Å². The van der Waals surface area contributed by atoms with Gasteiger partial charge in [0, 0.05) is 13.0 Å². The van der Waals surface area contributed by atoms with Gasteiger partial charge in [-0.1, -0.05) is 6.07 Å². The topological polar surface area (TPSA) is 77.8 Å². The number of aliphatic carboxylic acids is 1. The predicted octanol–water partition coefficient (Wildman–Crippen LogP) is 1.25. The summed E-state index contributed by atoms with van der Waals surface area (Å²) in [4.78, 5) is 24.3. The fourth-order valence-electron chi connectivity index (χ4n) is 2.10. The van der Waals surface area contributed by atoms with Gasteiger partial charge in [-0.15, -0.1) is 0 Å². The molecule has 0 saturated carbocycles. The first-order valence-electron chi connectivity index (χ1n) is 5.57. The Balaban J connectivity index is 2.33. The van der Waals surface area contributed by atoms with Gasteiger partial charge in [0.25, 0.3) is 5.91 Å². The molecule has 1 aliphatic heterocycles. The van der Waals surface area contributed by atoms with Crippen LogP contribution in [0.3, 0.4) is 0 Å². The molecule has 1 heterocycles. The number of benzene rings is 1. The van der Waals surface area contributed by atoms with Gasteiger partial charge in [0.15, 0.2) is 0 Å². The minimum Gasteiger partial charge on any atom is -0.480 e. The quantitative estimate of drug-likeness (QED) is 0.854.